The molecule has 8 rings (SSSR count). The Morgan fingerprint density at radius 3 is 1.65 bits per heavy atom. The normalized spacial score (nSPS) is 16.0. The summed E-state index contributed by atoms with van der Waals surface area (Å²) in [5, 5.41) is 2.70. The second-order valence-electron chi connectivity index (χ2n) is 17.4. The second kappa shape index (κ2) is 22.1. The number of alkyl carbamates (subject to hydrolysis) is 1. The topological polar surface area (TPSA) is 112 Å². The molecule has 11 nitrogen and oxygen atoms in total. The highest BCUT2D eigenvalue weighted by atomic mass is 16.6. The Labute approximate surface area is 387 Å². The standard InChI is InChI=1S/C55H59NO10/c1-54(2,3)66-53(57)56-26-27-58-28-29-59-30-31-65-55-34-44-32-48(61-36-41-18-10-5-11-19-41)49(62-37-42-20-12-6-13-21-42)33-46(44)50(55)45-24-25-47(60-35-40-16-8-4-9-17-40)52(51(45)64-39-55)63-38-43-22-14-7-15-23-43/h4-25,32-33,50H,26-31,34-39H2,1-3H3,(H,56,57). The van der Waals surface area contributed by atoms with Gasteiger partial charge in [-0.1, -0.05) is 127 Å². The third-order valence-electron chi connectivity index (χ3n) is 11.3. The summed E-state index contributed by atoms with van der Waals surface area (Å²) in [6, 6.07) is 48.7. The van der Waals surface area contributed by atoms with Crippen LogP contribution in [0.4, 0.5) is 4.79 Å². The van der Waals surface area contributed by atoms with Crippen LogP contribution < -0.4 is 29.0 Å². The number of hydrogen-bond acceptors (Lipinski definition) is 10. The fourth-order valence-electron chi connectivity index (χ4n) is 8.22. The van der Waals surface area contributed by atoms with Crippen molar-refractivity contribution in [2.75, 3.05) is 46.2 Å². The first kappa shape index (κ1) is 46.0. The van der Waals surface area contributed by atoms with Crippen LogP contribution in [0.15, 0.2) is 146 Å². The summed E-state index contributed by atoms with van der Waals surface area (Å²) in [6.45, 7) is 9.22. The minimum absolute atomic E-state index is 0.247. The van der Waals surface area contributed by atoms with Gasteiger partial charge in [-0.05, 0) is 72.4 Å². The third-order valence-corrected chi connectivity index (χ3v) is 11.3. The lowest BCUT2D eigenvalue weighted by atomic mass is 9.80. The predicted octanol–water partition coefficient (Wildman–Crippen LogP) is 10.4. The average molecular weight is 894 g/mol. The van der Waals surface area contributed by atoms with E-state index in [4.69, 9.17) is 42.6 Å². The molecule has 2 aliphatic rings. The molecule has 66 heavy (non-hydrogen) atoms. The number of amides is 1. The molecule has 0 aromatic heterocycles. The Bertz CT molecular complexity index is 2460. The van der Waals surface area contributed by atoms with Gasteiger partial charge in [-0.25, -0.2) is 4.79 Å². The minimum Gasteiger partial charge on any atom is -0.486 e. The zero-order chi connectivity index (χ0) is 45.6. The summed E-state index contributed by atoms with van der Waals surface area (Å²) >= 11 is 0. The van der Waals surface area contributed by atoms with Crippen molar-refractivity contribution in [1.29, 1.82) is 0 Å². The Balaban J connectivity index is 1.06. The quantitative estimate of drug-likeness (QED) is 0.0661. The van der Waals surface area contributed by atoms with Gasteiger partial charge in [0.15, 0.2) is 23.0 Å². The molecule has 1 amide bonds. The number of hydrogen-bond donors (Lipinski definition) is 1. The molecule has 1 aliphatic heterocycles. The summed E-state index contributed by atoms with van der Waals surface area (Å²) < 4.78 is 57.2. The third kappa shape index (κ3) is 12.2. The molecular formula is C55H59NO10. The van der Waals surface area contributed by atoms with Gasteiger partial charge in [-0.2, -0.15) is 0 Å². The molecule has 11 heteroatoms. The first-order chi connectivity index (χ1) is 32.2. The van der Waals surface area contributed by atoms with Crippen LogP contribution in [0.1, 0.15) is 65.6 Å². The predicted molar refractivity (Wildman–Crippen MR) is 252 cm³/mol. The van der Waals surface area contributed by atoms with Crippen molar-refractivity contribution >= 4 is 6.09 Å². The van der Waals surface area contributed by atoms with E-state index in [0.29, 0.717) is 101 Å². The Morgan fingerprint density at radius 2 is 1.09 bits per heavy atom. The Morgan fingerprint density at radius 1 is 0.591 bits per heavy atom. The van der Waals surface area contributed by atoms with Crippen molar-refractivity contribution in [2.24, 2.45) is 0 Å². The van der Waals surface area contributed by atoms with Crippen LogP contribution >= 0.6 is 0 Å². The largest absolute Gasteiger partial charge is 0.486 e. The van der Waals surface area contributed by atoms with E-state index in [9.17, 15) is 4.79 Å². The number of fused-ring (bicyclic) bond motifs is 5. The Hall–Kier alpha value is -6.53. The lowest BCUT2D eigenvalue weighted by Crippen LogP contribution is -2.47. The maximum Gasteiger partial charge on any atom is 0.407 e. The van der Waals surface area contributed by atoms with E-state index in [1.807, 2.05) is 124 Å². The molecule has 1 N–H and O–H groups in total. The molecule has 0 spiro atoms. The van der Waals surface area contributed by atoms with Crippen LogP contribution in [0, 0.1) is 0 Å². The Kier molecular flexibility index (Phi) is 15.4. The maximum absolute atomic E-state index is 11.9. The molecule has 0 radical (unpaired) electrons. The van der Waals surface area contributed by atoms with Crippen molar-refractivity contribution < 1.29 is 47.4 Å². The zero-order valence-corrected chi connectivity index (χ0v) is 38.0. The summed E-state index contributed by atoms with van der Waals surface area (Å²) in [7, 11) is 0. The van der Waals surface area contributed by atoms with E-state index in [1.54, 1.807) is 0 Å². The average Bonchev–Trinajstić information content (AvgIpc) is 3.66. The number of carbonyl (C=O) groups excluding carboxylic acids is 1. The molecule has 6 aromatic carbocycles. The van der Waals surface area contributed by atoms with Crippen LogP contribution in [-0.2, 0) is 51.8 Å². The highest BCUT2D eigenvalue weighted by Gasteiger charge is 2.53. The minimum atomic E-state index is -0.791. The van der Waals surface area contributed by atoms with Crippen molar-refractivity contribution in [3.8, 4) is 28.7 Å². The summed E-state index contributed by atoms with van der Waals surface area (Å²) in [5.41, 5.74) is 5.89. The molecule has 2 unspecified atom stereocenters. The van der Waals surface area contributed by atoms with Crippen LogP contribution in [0.3, 0.4) is 0 Å². The summed E-state index contributed by atoms with van der Waals surface area (Å²) in [6.07, 6.45) is 0.0908. The molecule has 1 heterocycles. The summed E-state index contributed by atoms with van der Waals surface area (Å²) in [5.74, 6) is 2.80. The maximum atomic E-state index is 11.9. The zero-order valence-electron chi connectivity index (χ0n) is 38.0. The molecular weight excluding hydrogens is 835 g/mol. The number of nitrogens with one attached hydrogen (secondary N) is 1. The number of rotatable bonds is 22. The monoisotopic (exact) mass is 893 g/mol. The highest BCUT2D eigenvalue weighted by Crippen LogP contribution is 2.58. The van der Waals surface area contributed by atoms with E-state index in [2.05, 4.69) is 47.8 Å². The van der Waals surface area contributed by atoms with Gasteiger partial charge >= 0.3 is 6.09 Å². The molecule has 0 saturated carbocycles. The van der Waals surface area contributed by atoms with Gasteiger partial charge in [0.25, 0.3) is 0 Å². The highest BCUT2D eigenvalue weighted by molar-refractivity contribution is 5.67. The fourth-order valence-corrected chi connectivity index (χ4v) is 8.22. The van der Waals surface area contributed by atoms with Crippen LogP contribution in [0.2, 0.25) is 0 Å². The first-order valence-corrected chi connectivity index (χ1v) is 22.6. The lowest BCUT2D eigenvalue weighted by molar-refractivity contribution is -0.102. The molecule has 344 valence electrons. The molecule has 0 bridgehead atoms. The van der Waals surface area contributed by atoms with Crippen molar-refractivity contribution in [1.82, 2.24) is 5.32 Å². The number of ether oxygens (including phenoxy) is 9. The molecule has 0 saturated heterocycles. The molecule has 6 aromatic rings. The number of carbonyl (C=O) groups is 1. The van der Waals surface area contributed by atoms with E-state index in [0.717, 1.165) is 38.9 Å². The molecule has 1 aliphatic carbocycles. The van der Waals surface area contributed by atoms with Gasteiger partial charge in [0.05, 0.1) is 33.0 Å². The smallest absolute Gasteiger partial charge is 0.407 e. The van der Waals surface area contributed by atoms with E-state index >= 15 is 0 Å². The van der Waals surface area contributed by atoms with Crippen LogP contribution in [0.5, 0.6) is 28.7 Å². The molecule has 0 fully saturated rings. The SMILES string of the molecule is CC(C)(C)OC(=O)NCCOCCOCCOC12COc3c(ccc(OCc4ccccc4)c3OCc3ccccc3)C1c1cc(OCc3ccccc3)c(OCc3ccccc3)cc1C2. The van der Waals surface area contributed by atoms with Crippen molar-refractivity contribution in [3.05, 3.63) is 185 Å². The fraction of sp³-hybridized carbons (Fsp3) is 0.327. The van der Waals surface area contributed by atoms with Gasteiger partial charge in [-0.3, -0.25) is 0 Å². The van der Waals surface area contributed by atoms with E-state index in [1.165, 1.54) is 0 Å². The second-order valence-corrected chi connectivity index (χ2v) is 17.4. The van der Waals surface area contributed by atoms with Gasteiger partial charge in [0, 0.05) is 24.4 Å². The first-order valence-electron chi connectivity index (χ1n) is 22.6. The van der Waals surface area contributed by atoms with E-state index in [-0.39, 0.29) is 12.5 Å². The van der Waals surface area contributed by atoms with Gasteiger partial charge in [-0.15, -0.1) is 0 Å². The van der Waals surface area contributed by atoms with Crippen molar-refractivity contribution in [3.63, 3.8) is 0 Å². The van der Waals surface area contributed by atoms with Gasteiger partial charge in [0.2, 0.25) is 5.75 Å². The van der Waals surface area contributed by atoms with E-state index < -0.39 is 17.3 Å². The van der Waals surface area contributed by atoms with Crippen LogP contribution in [-0.4, -0.2) is 63.5 Å². The van der Waals surface area contributed by atoms with Gasteiger partial charge < -0.3 is 47.9 Å². The van der Waals surface area contributed by atoms with Crippen LogP contribution in [0.25, 0.3) is 0 Å². The summed E-state index contributed by atoms with van der Waals surface area (Å²) in [4.78, 5) is 11.9. The molecule has 2 atom stereocenters. The van der Waals surface area contributed by atoms with Crippen molar-refractivity contribution in [2.45, 2.75) is 70.7 Å². The number of benzene rings is 6. The lowest BCUT2D eigenvalue weighted by Gasteiger charge is -2.41. The van der Waals surface area contributed by atoms with Gasteiger partial charge in [0.1, 0.15) is 44.2 Å².